The minimum Gasteiger partial charge on any atom is -0.469 e. The Morgan fingerprint density at radius 1 is 1.77 bits per heavy atom. The van der Waals surface area contributed by atoms with Crippen LogP contribution in [0.2, 0.25) is 0 Å². The van der Waals surface area contributed by atoms with Crippen molar-refractivity contribution in [2.24, 2.45) is 5.92 Å². The number of hydrogen-bond acceptors (Lipinski definition) is 4. The lowest BCUT2D eigenvalue weighted by atomic mass is 9.97. The number of carbonyl (C=O) groups is 1. The van der Waals surface area contributed by atoms with Crippen molar-refractivity contribution in [1.29, 1.82) is 0 Å². The van der Waals surface area contributed by atoms with Gasteiger partial charge in [-0.15, -0.1) is 0 Å². The summed E-state index contributed by atoms with van der Waals surface area (Å²) in [5.74, 6) is -0.226. The summed E-state index contributed by atoms with van der Waals surface area (Å²) in [7, 11) is 1.43. The molecule has 0 bridgehead atoms. The lowest BCUT2D eigenvalue weighted by Crippen LogP contribution is -2.48. The van der Waals surface area contributed by atoms with E-state index in [2.05, 4.69) is 5.32 Å². The van der Waals surface area contributed by atoms with Crippen molar-refractivity contribution in [2.45, 2.75) is 19.4 Å². The Balaban J connectivity index is 2.48. The molecular weight excluding hydrogens is 170 g/mol. The maximum absolute atomic E-state index is 11.3. The van der Waals surface area contributed by atoms with Crippen LogP contribution in [0, 0.1) is 5.92 Å². The predicted octanol–water partition coefficient (Wildman–Crippen LogP) is 0.174. The Labute approximate surface area is 78.6 Å². The largest absolute Gasteiger partial charge is 0.469 e. The van der Waals surface area contributed by atoms with Gasteiger partial charge in [0.2, 0.25) is 0 Å². The van der Waals surface area contributed by atoms with Gasteiger partial charge in [0.25, 0.3) is 0 Å². The van der Waals surface area contributed by atoms with Crippen molar-refractivity contribution in [3.8, 4) is 0 Å². The second-order valence-electron chi connectivity index (χ2n) is 3.17. The first kappa shape index (κ1) is 10.5. The molecule has 4 nitrogen and oxygen atoms in total. The zero-order chi connectivity index (χ0) is 9.68. The zero-order valence-corrected chi connectivity index (χ0v) is 8.21. The highest BCUT2D eigenvalue weighted by Gasteiger charge is 2.28. The third kappa shape index (κ3) is 2.67. The normalized spacial score (nSPS) is 25.2. The fourth-order valence-corrected chi connectivity index (χ4v) is 1.61. The van der Waals surface area contributed by atoms with Crippen LogP contribution in [0.1, 0.15) is 13.3 Å². The second kappa shape index (κ2) is 5.19. The summed E-state index contributed by atoms with van der Waals surface area (Å²) in [4.78, 5) is 11.3. The van der Waals surface area contributed by atoms with E-state index in [1.54, 1.807) is 0 Å². The molecule has 1 N–H and O–H groups in total. The van der Waals surface area contributed by atoms with Crippen LogP contribution in [0.4, 0.5) is 0 Å². The van der Waals surface area contributed by atoms with Gasteiger partial charge in [-0.05, 0) is 6.42 Å². The minimum atomic E-state index is -0.148. The van der Waals surface area contributed by atoms with Gasteiger partial charge in [-0.3, -0.25) is 4.79 Å². The van der Waals surface area contributed by atoms with E-state index in [9.17, 15) is 4.79 Å². The first-order valence-electron chi connectivity index (χ1n) is 4.68. The average molecular weight is 187 g/mol. The second-order valence-corrected chi connectivity index (χ2v) is 3.17. The minimum absolute atomic E-state index is 0.0784. The van der Waals surface area contributed by atoms with E-state index >= 15 is 0 Å². The van der Waals surface area contributed by atoms with Crippen LogP contribution in [-0.2, 0) is 14.3 Å². The number of methoxy groups -OCH3 is 1. The summed E-state index contributed by atoms with van der Waals surface area (Å²) in [5, 5.41) is 3.26. The molecular formula is C9H17NO3. The van der Waals surface area contributed by atoms with Gasteiger partial charge in [0.15, 0.2) is 0 Å². The van der Waals surface area contributed by atoms with E-state index in [-0.39, 0.29) is 17.9 Å². The molecule has 1 rings (SSSR count). The molecule has 0 aromatic rings. The van der Waals surface area contributed by atoms with E-state index in [0.29, 0.717) is 6.61 Å². The fraction of sp³-hybridized carbons (Fsp3) is 0.889. The van der Waals surface area contributed by atoms with Crippen molar-refractivity contribution in [2.75, 3.05) is 26.9 Å². The summed E-state index contributed by atoms with van der Waals surface area (Å²) in [6, 6.07) is 0.117. The Hall–Kier alpha value is -0.610. The smallest absolute Gasteiger partial charge is 0.310 e. The van der Waals surface area contributed by atoms with Gasteiger partial charge in [-0.1, -0.05) is 6.92 Å². The van der Waals surface area contributed by atoms with E-state index in [4.69, 9.17) is 9.47 Å². The Morgan fingerprint density at radius 2 is 2.54 bits per heavy atom. The zero-order valence-electron chi connectivity index (χ0n) is 8.21. The average Bonchev–Trinajstić information content (AvgIpc) is 2.20. The van der Waals surface area contributed by atoms with Gasteiger partial charge in [0.1, 0.15) is 0 Å². The molecule has 0 radical (unpaired) electrons. The molecule has 1 saturated heterocycles. The highest BCUT2D eigenvalue weighted by molar-refractivity contribution is 5.73. The van der Waals surface area contributed by atoms with Crippen LogP contribution in [0.25, 0.3) is 0 Å². The third-order valence-electron chi connectivity index (χ3n) is 2.38. The fourth-order valence-electron chi connectivity index (χ4n) is 1.61. The summed E-state index contributed by atoms with van der Waals surface area (Å²) in [6.07, 6.45) is 0.785. The maximum Gasteiger partial charge on any atom is 0.310 e. The summed E-state index contributed by atoms with van der Waals surface area (Å²) < 4.78 is 10.0. The number of nitrogens with one attached hydrogen (secondary N) is 1. The van der Waals surface area contributed by atoms with E-state index < -0.39 is 0 Å². The van der Waals surface area contributed by atoms with Crippen LogP contribution < -0.4 is 5.32 Å². The first-order chi connectivity index (χ1) is 6.29. The number of ether oxygens (including phenoxy) is 2. The molecule has 1 aliphatic rings. The topological polar surface area (TPSA) is 47.6 Å². The van der Waals surface area contributed by atoms with Crippen molar-refractivity contribution >= 4 is 5.97 Å². The van der Waals surface area contributed by atoms with E-state index in [1.807, 2.05) is 6.92 Å². The highest BCUT2D eigenvalue weighted by atomic mass is 16.5. The van der Waals surface area contributed by atoms with Gasteiger partial charge in [-0.2, -0.15) is 0 Å². The molecule has 13 heavy (non-hydrogen) atoms. The third-order valence-corrected chi connectivity index (χ3v) is 2.38. The van der Waals surface area contributed by atoms with Crippen LogP contribution in [0.5, 0.6) is 0 Å². The highest BCUT2D eigenvalue weighted by Crippen LogP contribution is 2.13. The van der Waals surface area contributed by atoms with E-state index in [0.717, 1.165) is 19.6 Å². The summed E-state index contributed by atoms with van der Waals surface area (Å²) >= 11 is 0. The van der Waals surface area contributed by atoms with Crippen LogP contribution in [0.3, 0.4) is 0 Å². The molecule has 0 spiro atoms. The summed E-state index contributed by atoms with van der Waals surface area (Å²) in [6.45, 7) is 4.14. The molecule has 1 aliphatic heterocycles. The van der Waals surface area contributed by atoms with Crippen LogP contribution >= 0.6 is 0 Å². The van der Waals surface area contributed by atoms with Gasteiger partial charge in [0.05, 0.1) is 26.2 Å². The van der Waals surface area contributed by atoms with E-state index in [1.165, 1.54) is 7.11 Å². The number of hydrogen-bond donors (Lipinski definition) is 1. The molecule has 2 atom stereocenters. The molecule has 0 aromatic heterocycles. The number of rotatable bonds is 3. The lowest BCUT2D eigenvalue weighted by Gasteiger charge is -2.28. The quantitative estimate of drug-likeness (QED) is 0.640. The van der Waals surface area contributed by atoms with Crippen molar-refractivity contribution < 1.29 is 14.3 Å². The maximum atomic E-state index is 11.3. The summed E-state index contributed by atoms with van der Waals surface area (Å²) in [5.41, 5.74) is 0. The molecule has 2 unspecified atom stereocenters. The molecule has 0 amide bonds. The molecule has 4 heteroatoms. The van der Waals surface area contributed by atoms with Gasteiger partial charge >= 0.3 is 5.97 Å². The lowest BCUT2D eigenvalue weighted by molar-refractivity contribution is -0.147. The van der Waals surface area contributed by atoms with Gasteiger partial charge in [-0.25, -0.2) is 0 Å². The Kier molecular flexibility index (Phi) is 4.18. The predicted molar refractivity (Wildman–Crippen MR) is 48.4 cm³/mol. The van der Waals surface area contributed by atoms with Crippen molar-refractivity contribution in [3.63, 3.8) is 0 Å². The van der Waals surface area contributed by atoms with Gasteiger partial charge in [0, 0.05) is 12.6 Å². The van der Waals surface area contributed by atoms with Crippen molar-refractivity contribution in [3.05, 3.63) is 0 Å². The first-order valence-corrected chi connectivity index (χ1v) is 4.68. The Bertz CT molecular complexity index is 166. The van der Waals surface area contributed by atoms with Crippen molar-refractivity contribution in [1.82, 2.24) is 5.32 Å². The SMILES string of the molecule is CCC(C(=O)OC)C1COCCN1. The van der Waals surface area contributed by atoms with Crippen LogP contribution in [0.15, 0.2) is 0 Å². The van der Waals surface area contributed by atoms with Crippen LogP contribution in [-0.4, -0.2) is 38.9 Å². The molecule has 1 heterocycles. The Morgan fingerprint density at radius 3 is 3.00 bits per heavy atom. The number of esters is 1. The molecule has 0 aromatic carbocycles. The van der Waals surface area contributed by atoms with Gasteiger partial charge < -0.3 is 14.8 Å². The molecule has 0 aliphatic carbocycles. The molecule has 0 saturated carbocycles. The standard InChI is InChI=1S/C9H17NO3/c1-3-7(9(11)12-2)8-6-13-5-4-10-8/h7-8,10H,3-6H2,1-2H3. The number of carbonyl (C=O) groups excluding carboxylic acids is 1. The molecule has 1 fully saturated rings. The number of morpholine rings is 1. The molecule has 76 valence electrons. The monoisotopic (exact) mass is 187 g/mol.